The third-order valence-electron chi connectivity index (χ3n) is 2.79. The molecule has 0 aliphatic rings. The maximum absolute atomic E-state index is 10.7. The van der Waals surface area contributed by atoms with Crippen LogP contribution in [0.15, 0.2) is 17.3 Å². The molecule has 2 aromatic heterocycles. The van der Waals surface area contributed by atoms with Crippen molar-refractivity contribution in [2.45, 2.75) is 18.6 Å². The third kappa shape index (κ3) is 3.49. The number of carbonyl (C=O) groups is 1. The number of pyridine rings is 1. The van der Waals surface area contributed by atoms with E-state index in [0.29, 0.717) is 5.16 Å². The number of rotatable bonds is 6. The summed E-state index contributed by atoms with van der Waals surface area (Å²) in [4.78, 5) is 21.8. The standard InChI is InChI=1S/C13H18N4O2S/c1-9-4-5-10-12(14-9)17(7-6-16(2)3)13(15-10)20-8-11(18)19/h4-5H,6-8H2,1-3H3,(H,18,19). The minimum Gasteiger partial charge on any atom is -0.481 e. The summed E-state index contributed by atoms with van der Waals surface area (Å²) in [6, 6.07) is 3.84. The van der Waals surface area contributed by atoms with Crippen molar-refractivity contribution in [3.05, 3.63) is 17.8 Å². The zero-order valence-electron chi connectivity index (χ0n) is 11.8. The number of aromatic nitrogens is 3. The van der Waals surface area contributed by atoms with Crippen molar-refractivity contribution in [1.82, 2.24) is 19.4 Å². The van der Waals surface area contributed by atoms with E-state index in [1.54, 1.807) is 0 Å². The molecule has 0 saturated carbocycles. The number of fused-ring (bicyclic) bond motifs is 1. The lowest BCUT2D eigenvalue weighted by atomic mass is 10.3. The molecule has 108 valence electrons. The highest BCUT2D eigenvalue weighted by Crippen LogP contribution is 2.23. The van der Waals surface area contributed by atoms with Gasteiger partial charge in [0.15, 0.2) is 10.8 Å². The van der Waals surface area contributed by atoms with Crippen LogP contribution in [0.5, 0.6) is 0 Å². The summed E-state index contributed by atoms with van der Waals surface area (Å²) in [6.45, 7) is 3.52. The Labute approximate surface area is 121 Å². The Morgan fingerprint density at radius 3 is 2.80 bits per heavy atom. The van der Waals surface area contributed by atoms with Crippen LogP contribution in [0.3, 0.4) is 0 Å². The van der Waals surface area contributed by atoms with Gasteiger partial charge in [-0.15, -0.1) is 0 Å². The van der Waals surface area contributed by atoms with Crippen LogP contribution in [0, 0.1) is 6.92 Å². The van der Waals surface area contributed by atoms with E-state index in [9.17, 15) is 4.79 Å². The monoisotopic (exact) mass is 294 g/mol. The Morgan fingerprint density at radius 1 is 1.40 bits per heavy atom. The molecule has 0 amide bonds. The number of thioether (sulfide) groups is 1. The first-order valence-corrected chi connectivity index (χ1v) is 7.29. The van der Waals surface area contributed by atoms with E-state index in [-0.39, 0.29) is 5.75 Å². The number of nitrogens with zero attached hydrogens (tertiary/aromatic N) is 4. The average Bonchev–Trinajstić information content (AvgIpc) is 2.71. The van der Waals surface area contributed by atoms with Crippen LogP contribution in [-0.4, -0.2) is 56.9 Å². The minimum atomic E-state index is -0.842. The van der Waals surface area contributed by atoms with Crippen LogP contribution < -0.4 is 0 Å². The highest BCUT2D eigenvalue weighted by atomic mass is 32.2. The average molecular weight is 294 g/mol. The number of imidazole rings is 1. The summed E-state index contributed by atoms with van der Waals surface area (Å²) in [6.07, 6.45) is 0. The molecule has 2 rings (SSSR count). The number of hydrogen-bond acceptors (Lipinski definition) is 5. The van der Waals surface area contributed by atoms with Crippen molar-refractivity contribution in [3.63, 3.8) is 0 Å². The summed E-state index contributed by atoms with van der Waals surface area (Å²) in [5.74, 6) is -0.838. The Kier molecular flexibility index (Phi) is 4.61. The molecule has 0 aliphatic carbocycles. The van der Waals surface area contributed by atoms with Gasteiger partial charge in [0.1, 0.15) is 5.52 Å². The van der Waals surface area contributed by atoms with Crippen molar-refractivity contribution in [3.8, 4) is 0 Å². The molecule has 0 fully saturated rings. The second kappa shape index (κ2) is 6.23. The summed E-state index contributed by atoms with van der Waals surface area (Å²) in [7, 11) is 4.00. The van der Waals surface area contributed by atoms with Crippen molar-refractivity contribution in [2.24, 2.45) is 0 Å². The van der Waals surface area contributed by atoms with Crippen LogP contribution in [-0.2, 0) is 11.3 Å². The van der Waals surface area contributed by atoms with Gasteiger partial charge in [0.05, 0.1) is 5.75 Å². The normalized spacial score (nSPS) is 11.4. The van der Waals surface area contributed by atoms with Gasteiger partial charge in [0, 0.05) is 18.8 Å². The second-order valence-electron chi connectivity index (χ2n) is 4.83. The molecule has 0 aliphatic heterocycles. The largest absolute Gasteiger partial charge is 0.481 e. The number of aliphatic carboxylic acids is 1. The number of carboxylic acid groups (broad SMARTS) is 1. The van der Waals surface area contributed by atoms with E-state index in [1.165, 1.54) is 11.8 Å². The smallest absolute Gasteiger partial charge is 0.313 e. The van der Waals surface area contributed by atoms with E-state index in [4.69, 9.17) is 5.11 Å². The molecule has 7 heteroatoms. The van der Waals surface area contributed by atoms with Gasteiger partial charge in [0.2, 0.25) is 0 Å². The van der Waals surface area contributed by atoms with Gasteiger partial charge in [0.25, 0.3) is 0 Å². The molecule has 2 heterocycles. The van der Waals surface area contributed by atoms with Gasteiger partial charge >= 0.3 is 5.97 Å². The summed E-state index contributed by atoms with van der Waals surface area (Å²) < 4.78 is 2.00. The van der Waals surface area contributed by atoms with Crippen LogP contribution in [0.1, 0.15) is 5.69 Å². The van der Waals surface area contributed by atoms with Gasteiger partial charge in [-0.3, -0.25) is 4.79 Å². The van der Waals surface area contributed by atoms with E-state index in [1.807, 2.05) is 37.7 Å². The van der Waals surface area contributed by atoms with Gasteiger partial charge in [-0.1, -0.05) is 11.8 Å². The first-order valence-electron chi connectivity index (χ1n) is 6.30. The number of likely N-dealkylation sites (N-methyl/N-ethyl adjacent to an activating group) is 1. The predicted octanol–water partition coefficient (Wildman–Crippen LogP) is 1.48. The lowest BCUT2D eigenvalue weighted by Crippen LogP contribution is -2.19. The van der Waals surface area contributed by atoms with Crippen LogP contribution in [0.2, 0.25) is 0 Å². The van der Waals surface area contributed by atoms with Gasteiger partial charge in [-0.2, -0.15) is 0 Å². The minimum absolute atomic E-state index is 0.00423. The van der Waals surface area contributed by atoms with Crippen molar-refractivity contribution < 1.29 is 9.90 Å². The zero-order valence-corrected chi connectivity index (χ0v) is 12.6. The lowest BCUT2D eigenvalue weighted by Gasteiger charge is -2.12. The fourth-order valence-corrected chi connectivity index (χ4v) is 2.56. The van der Waals surface area contributed by atoms with Gasteiger partial charge in [-0.05, 0) is 33.2 Å². The molecular formula is C13H18N4O2S. The summed E-state index contributed by atoms with van der Waals surface area (Å²) in [5, 5.41) is 9.53. The first kappa shape index (κ1) is 14.8. The fraction of sp³-hybridized carbons (Fsp3) is 0.462. The van der Waals surface area contributed by atoms with Crippen molar-refractivity contribution in [2.75, 3.05) is 26.4 Å². The SMILES string of the molecule is Cc1ccc2nc(SCC(=O)O)n(CCN(C)C)c2n1. The molecule has 0 aromatic carbocycles. The first-order chi connectivity index (χ1) is 9.47. The molecule has 2 aromatic rings. The van der Waals surface area contributed by atoms with E-state index in [0.717, 1.165) is 29.9 Å². The highest BCUT2D eigenvalue weighted by molar-refractivity contribution is 7.99. The van der Waals surface area contributed by atoms with Crippen molar-refractivity contribution >= 4 is 28.9 Å². The molecule has 20 heavy (non-hydrogen) atoms. The van der Waals surface area contributed by atoms with Gasteiger partial charge < -0.3 is 14.6 Å². The van der Waals surface area contributed by atoms with Crippen LogP contribution in [0.25, 0.3) is 11.2 Å². The Morgan fingerprint density at radius 2 is 2.15 bits per heavy atom. The Bertz CT molecular complexity index is 624. The maximum atomic E-state index is 10.7. The Hall–Kier alpha value is -1.60. The lowest BCUT2D eigenvalue weighted by molar-refractivity contribution is -0.133. The molecule has 0 unspecified atom stereocenters. The van der Waals surface area contributed by atoms with Gasteiger partial charge in [-0.25, -0.2) is 9.97 Å². The quantitative estimate of drug-likeness (QED) is 0.814. The van der Waals surface area contributed by atoms with E-state index >= 15 is 0 Å². The van der Waals surface area contributed by atoms with E-state index in [2.05, 4.69) is 14.9 Å². The molecule has 0 atom stereocenters. The molecule has 6 nitrogen and oxygen atoms in total. The Balaban J connectivity index is 2.37. The zero-order chi connectivity index (χ0) is 14.7. The van der Waals surface area contributed by atoms with E-state index < -0.39 is 5.97 Å². The number of carboxylic acids is 1. The summed E-state index contributed by atoms with van der Waals surface area (Å²) >= 11 is 1.23. The predicted molar refractivity (Wildman–Crippen MR) is 79.2 cm³/mol. The van der Waals surface area contributed by atoms with Crippen molar-refractivity contribution in [1.29, 1.82) is 0 Å². The molecule has 0 radical (unpaired) electrons. The highest BCUT2D eigenvalue weighted by Gasteiger charge is 2.14. The summed E-state index contributed by atoms with van der Waals surface area (Å²) in [5.41, 5.74) is 2.56. The molecule has 0 saturated heterocycles. The molecule has 0 bridgehead atoms. The molecular weight excluding hydrogens is 276 g/mol. The third-order valence-corrected chi connectivity index (χ3v) is 3.75. The van der Waals surface area contributed by atoms with Crippen LogP contribution in [0.4, 0.5) is 0 Å². The van der Waals surface area contributed by atoms with Crippen LogP contribution >= 0.6 is 11.8 Å². The number of aryl methyl sites for hydroxylation is 1. The molecule has 1 N–H and O–H groups in total. The fourth-order valence-electron chi connectivity index (χ4n) is 1.81. The maximum Gasteiger partial charge on any atom is 0.313 e. The second-order valence-corrected chi connectivity index (χ2v) is 5.77. The molecule has 0 spiro atoms. The topological polar surface area (TPSA) is 71.2 Å². The number of hydrogen-bond donors (Lipinski definition) is 1.